The van der Waals surface area contributed by atoms with Crippen LogP contribution in [0.4, 0.5) is 0 Å². The maximum atomic E-state index is 6.36. The Kier molecular flexibility index (Phi) is 3.91. The van der Waals surface area contributed by atoms with E-state index in [9.17, 15) is 0 Å². The highest BCUT2D eigenvalue weighted by Crippen LogP contribution is 2.31. The molecule has 3 rings (SSSR count). The zero-order valence-corrected chi connectivity index (χ0v) is 13.3. The zero-order valence-electron chi connectivity index (χ0n) is 12.6. The molecule has 2 unspecified atom stereocenters. The predicted octanol–water partition coefficient (Wildman–Crippen LogP) is 2.52. The van der Waals surface area contributed by atoms with E-state index in [2.05, 4.69) is 22.5 Å². The third-order valence-corrected chi connectivity index (χ3v) is 4.66. The molecule has 0 aliphatic carbocycles. The van der Waals surface area contributed by atoms with E-state index in [-0.39, 0.29) is 12.1 Å². The molecule has 0 saturated heterocycles. The second-order valence-corrected chi connectivity index (χ2v) is 5.92. The number of halogens is 1. The number of para-hydroxylation sites is 1. The van der Waals surface area contributed by atoms with Crippen molar-refractivity contribution >= 4 is 11.6 Å². The molecule has 1 aromatic heterocycles. The third kappa shape index (κ3) is 2.65. The van der Waals surface area contributed by atoms with Crippen LogP contribution in [-0.4, -0.2) is 29.0 Å². The molecule has 0 spiro atoms. The van der Waals surface area contributed by atoms with Gasteiger partial charge in [-0.15, -0.1) is 0 Å². The lowest BCUT2D eigenvalue weighted by Crippen LogP contribution is -2.42. The van der Waals surface area contributed by atoms with Crippen LogP contribution in [0.1, 0.15) is 17.0 Å². The Hall–Kier alpha value is -1.52. The van der Waals surface area contributed by atoms with Crippen LogP contribution in [0.2, 0.25) is 5.02 Å². The highest BCUT2D eigenvalue weighted by molar-refractivity contribution is 6.31. The number of nitrogens with one attached hydrogen (secondary N) is 1. The molecule has 0 saturated carbocycles. The number of nitrogens with zero attached hydrogens (tertiary/aromatic N) is 2. The van der Waals surface area contributed by atoms with E-state index in [1.807, 2.05) is 37.8 Å². The Bertz CT molecular complexity index is 628. The molecule has 1 N–H and O–H groups in total. The Labute approximate surface area is 130 Å². The second kappa shape index (κ2) is 5.70. The van der Waals surface area contributed by atoms with Crippen molar-refractivity contribution in [2.75, 3.05) is 7.05 Å². The average Bonchev–Trinajstić information content (AvgIpc) is 3.00. The van der Waals surface area contributed by atoms with E-state index in [1.165, 1.54) is 5.56 Å². The number of aryl methyl sites for hydroxylation is 2. The van der Waals surface area contributed by atoms with Crippen LogP contribution in [0.15, 0.2) is 24.3 Å². The van der Waals surface area contributed by atoms with E-state index in [0.717, 1.165) is 35.0 Å². The maximum Gasteiger partial charge on any atom is 0.123 e. The smallest absolute Gasteiger partial charge is 0.123 e. The summed E-state index contributed by atoms with van der Waals surface area (Å²) in [5.74, 6) is 0.995. The van der Waals surface area contributed by atoms with Crippen LogP contribution < -0.4 is 10.1 Å². The van der Waals surface area contributed by atoms with Crippen LogP contribution >= 0.6 is 11.6 Å². The quantitative estimate of drug-likeness (QED) is 0.943. The van der Waals surface area contributed by atoms with Gasteiger partial charge in [0, 0.05) is 25.9 Å². The van der Waals surface area contributed by atoms with Crippen molar-refractivity contribution in [1.82, 2.24) is 15.1 Å². The van der Waals surface area contributed by atoms with Crippen LogP contribution in [0.25, 0.3) is 0 Å². The summed E-state index contributed by atoms with van der Waals surface area (Å²) in [6, 6.07) is 8.42. The number of fused-ring (bicyclic) bond motifs is 1. The van der Waals surface area contributed by atoms with Crippen molar-refractivity contribution in [3.8, 4) is 5.75 Å². The van der Waals surface area contributed by atoms with E-state index < -0.39 is 0 Å². The van der Waals surface area contributed by atoms with Gasteiger partial charge in [0.2, 0.25) is 0 Å². The van der Waals surface area contributed by atoms with E-state index in [4.69, 9.17) is 16.3 Å². The fourth-order valence-electron chi connectivity index (χ4n) is 2.96. The first kappa shape index (κ1) is 14.4. The number of hydrogen-bond acceptors (Lipinski definition) is 3. The summed E-state index contributed by atoms with van der Waals surface area (Å²) < 4.78 is 7.95. The standard InChI is InChI=1S/C16H20ClN3O/c1-10-16(17)13(20(3)19-10)9-12(18-2)15-8-11-6-4-5-7-14(11)21-15/h4-7,12,15,18H,8-9H2,1-3H3. The minimum absolute atomic E-state index is 0.124. The average molecular weight is 306 g/mol. The summed E-state index contributed by atoms with van der Waals surface area (Å²) in [6.45, 7) is 1.93. The lowest BCUT2D eigenvalue weighted by molar-refractivity contribution is 0.181. The molecule has 0 fully saturated rings. The fourth-order valence-corrected chi connectivity index (χ4v) is 3.20. The van der Waals surface area contributed by atoms with Crippen LogP contribution in [0.3, 0.4) is 0 Å². The van der Waals surface area contributed by atoms with E-state index in [1.54, 1.807) is 0 Å². The zero-order chi connectivity index (χ0) is 15.0. The Morgan fingerprint density at radius 2 is 2.24 bits per heavy atom. The van der Waals surface area contributed by atoms with Crippen molar-refractivity contribution in [3.05, 3.63) is 46.2 Å². The molecule has 5 heteroatoms. The molecule has 1 aromatic carbocycles. The van der Waals surface area contributed by atoms with Gasteiger partial charge in [0.15, 0.2) is 0 Å². The minimum atomic E-state index is 0.124. The molecule has 2 heterocycles. The van der Waals surface area contributed by atoms with Gasteiger partial charge in [-0.05, 0) is 25.6 Å². The summed E-state index contributed by atoms with van der Waals surface area (Å²) in [4.78, 5) is 0. The maximum absolute atomic E-state index is 6.36. The van der Waals surface area contributed by atoms with Gasteiger partial charge in [-0.25, -0.2) is 0 Å². The molecule has 2 atom stereocenters. The summed E-state index contributed by atoms with van der Waals surface area (Å²) >= 11 is 6.36. The van der Waals surface area contributed by atoms with Crippen molar-refractivity contribution in [2.45, 2.75) is 31.9 Å². The van der Waals surface area contributed by atoms with Gasteiger partial charge in [-0.3, -0.25) is 4.68 Å². The number of aromatic nitrogens is 2. The Morgan fingerprint density at radius 1 is 1.48 bits per heavy atom. The number of rotatable bonds is 4. The van der Waals surface area contributed by atoms with Crippen LogP contribution in [0.5, 0.6) is 5.75 Å². The second-order valence-electron chi connectivity index (χ2n) is 5.54. The van der Waals surface area contributed by atoms with Gasteiger partial charge in [0.05, 0.1) is 16.4 Å². The van der Waals surface area contributed by atoms with Gasteiger partial charge in [-0.1, -0.05) is 29.8 Å². The Balaban J connectivity index is 1.78. The highest BCUT2D eigenvalue weighted by atomic mass is 35.5. The molecule has 1 aliphatic heterocycles. The molecular formula is C16H20ClN3O. The summed E-state index contributed by atoms with van der Waals surface area (Å²) in [5, 5.41) is 8.50. The molecule has 4 nitrogen and oxygen atoms in total. The van der Waals surface area contributed by atoms with Crippen molar-refractivity contribution in [2.24, 2.45) is 7.05 Å². The van der Waals surface area contributed by atoms with Gasteiger partial charge in [0.25, 0.3) is 0 Å². The monoisotopic (exact) mass is 305 g/mol. The lowest BCUT2D eigenvalue weighted by Gasteiger charge is -2.23. The molecule has 21 heavy (non-hydrogen) atoms. The number of likely N-dealkylation sites (N-methyl/N-ethyl adjacent to an activating group) is 1. The topological polar surface area (TPSA) is 39.1 Å². The predicted molar refractivity (Wildman–Crippen MR) is 84.1 cm³/mol. The lowest BCUT2D eigenvalue weighted by atomic mass is 10.0. The molecule has 1 aliphatic rings. The van der Waals surface area contributed by atoms with Crippen molar-refractivity contribution in [3.63, 3.8) is 0 Å². The first-order valence-electron chi connectivity index (χ1n) is 7.20. The highest BCUT2D eigenvalue weighted by Gasteiger charge is 2.30. The van der Waals surface area contributed by atoms with Gasteiger partial charge in [0.1, 0.15) is 11.9 Å². The van der Waals surface area contributed by atoms with E-state index in [0.29, 0.717) is 0 Å². The molecule has 112 valence electrons. The summed E-state index contributed by atoms with van der Waals surface area (Å²) in [7, 11) is 3.90. The number of ether oxygens (including phenoxy) is 1. The van der Waals surface area contributed by atoms with Gasteiger partial charge in [-0.2, -0.15) is 5.10 Å². The SMILES string of the molecule is CNC(Cc1c(Cl)c(C)nn1C)C1Cc2ccccc2O1. The molecule has 0 amide bonds. The summed E-state index contributed by atoms with van der Waals surface area (Å²) in [6.07, 6.45) is 1.85. The summed E-state index contributed by atoms with van der Waals surface area (Å²) in [5.41, 5.74) is 3.20. The molecule has 0 radical (unpaired) electrons. The first-order valence-corrected chi connectivity index (χ1v) is 7.57. The van der Waals surface area contributed by atoms with Crippen LogP contribution in [0, 0.1) is 6.92 Å². The number of hydrogen-bond donors (Lipinski definition) is 1. The van der Waals surface area contributed by atoms with Crippen LogP contribution in [-0.2, 0) is 19.9 Å². The van der Waals surface area contributed by atoms with Crippen molar-refractivity contribution < 1.29 is 4.74 Å². The normalized spacial score (nSPS) is 18.4. The Morgan fingerprint density at radius 3 is 2.86 bits per heavy atom. The van der Waals surface area contributed by atoms with E-state index >= 15 is 0 Å². The third-order valence-electron chi connectivity index (χ3n) is 4.17. The first-order chi connectivity index (χ1) is 10.1. The molecule has 2 aromatic rings. The van der Waals surface area contributed by atoms with Gasteiger partial charge >= 0.3 is 0 Å². The molecular weight excluding hydrogens is 286 g/mol. The largest absolute Gasteiger partial charge is 0.488 e. The minimum Gasteiger partial charge on any atom is -0.488 e. The fraction of sp³-hybridized carbons (Fsp3) is 0.438. The number of benzene rings is 1. The van der Waals surface area contributed by atoms with Gasteiger partial charge < -0.3 is 10.1 Å². The van der Waals surface area contributed by atoms with Crippen molar-refractivity contribution in [1.29, 1.82) is 0 Å². The molecule has 0 bridgehead atoms.